The Balaban J connectivity index is 1.73. The number of nitrogens with two attached hydrogens (primary N) is 1. The fraction of sp³-hybridized carbons (Fsp3) is 0.667. The number of hydrogen-bond acceptors (Lipinski definition) is 9. The van der Waals surface area contributed by atoms with Crippen LogP contribution < -0.4 is 10.5 Å². The highest BCUT2D eigenvalue weighted by atomic mass is 16.6. The zero-order chi connectivity index (χ0) is 21.7. The first-order valence-electron chi connectivity index (χ1n) is 10.3. The van der Waals surface area contributed by atoms with Crippen molar-refractivity contribution in [1.82, 2.24) is 0 Å². The summed E-state index contributed by atoms with van der Waals surface area (Å²) in [6.07, 6.45) is 0.262. The van der Waals surface area contributed by atoms with E-state index in [1.54, 1.807) is 13.0 Å². The molecule has 9 nitrogen and oxygen atoms in total. The highest BCUT2D eigenvalue weighted by molar-refractivity contribution is 5.69. The van der Waals surface area contributed by atoms with Crippen molar-refractivity contribution >= 4 is 11.7 Å². The Kier molecular flexibility index (Phi) is 16.6. The largest absolute Gasteiger partial charge is 0.489 e. The molecule has 30 heavy (non-hydrogen) atoms. The van der Waals surface area contributed by atoms with Gasteiger partial charge in [-0.2, -0.15) is 0 Å². The van der Waals surface area contributed by atoms with Gasteiger partial charge < -0.3 is 38.9 Å². The Morgan fingerprint density at radius 2 is 1.20 bits per heavy atom. The molecule has 0 aromatic heterocycles. The zero-order valence-electron chi connectivity index (χ0n) is 17.8. The molecule has 0 aliphatic heterocycles. The summed E-state index contributed by atoms with van der Waals surface area (Å²) in [6, 6.07) is 7.36. The number of ether oxygens (including phenoxy) is 7. The van der Waals surface area contributed by atoms with Gasteiger partial charge in [-0.05, 0) is 19.1 Å². The lowest BCUT2D eigenvalue weighted by Gasteiger charge is -2.09. The second-order valence-corrected chi connectivity index (χ2v) is 6.00. The lowest BCUT2D eigenvalue weighted by molar-refractivity contribution is -0.144. The number of nitrogen functional groups attached to an aromatic ring is 1. The van der Waals surface area contributed by atoms with Crippen molar-refractivity contribution in [2.24, 2.45) is 0 Å². The average molecular weight is 430 g/mol. The normalized spacial score (nSPS) is 10.8. The van der Waals surface area contributed by atoms with Crippen molar-refractivity contribution in [3.8, 4) is 5.75 Å². The Hall–Kier alpha value is -1.91. The first kappa shape index (κ1) is 26.1. The molecule has 0 unspecified atom stereocenters. The van der Waals surface area contributed by atoms with Crippen LogP contribution in [0.5, 0.6) is 5.75 Å². The lowest BCUT2D eigenvalue weighted by Crippen LogP contribution is -2.15. The van der Waals surface area contributed by atoms with Crippen LogP contribution >= 0.6 is 0 Å². The third-order valence-corrected chi connectivity index (χ3v) is 3.65. The number of hydrogen-bond donors (Lipinski definition) is 1. The summed E-state index contributed by atoms with van der Waals surface area (Å²) < 4.78 is 37.2. The van der Waals surface area contributed by atoms with E-state index in [2.05, 4.69) is 0 Å². The van der Waals surface area contributed by atoms with Gasteiger partial charge in [-0.15, -0.1) is 0 Å². The number of carbonyl (C=O) groups is 1. The molecule has 0 heterocycles. The van der Waals surface area contributed by atoms with Crippen LogP contribution in [0.1, 0.15) is 13.3 Å². The van der Waals surface area contributed by atoms with Crippen molar-refractivity contribution in [2.75, 3.05) is 85.0 Å². The first-order chi connectivity index (χ1) is 14.7. The van der Waals surface area contributed by atoms with E-state index in [4.69, 9.17) is 38.9 Å². The van der Waals surface area contributed by atoms with Crippen LogP contribution in [0.4, 0.5) is 5.69 Å². The predicted octanol–water partition coefficient (Wildman–Crippen LogP) is 1.68. The van der Waals surface area contributed by atoms with Gasteiger partial charge in [0.15, 0.2) is 0 Å². The SMILES string of the molecule is CCOC(=O)CCOCCOCCOCCOCCOCCOc1ccccc1N. The van der Waals surface area contributed by atoms with Gasteiger partial charge in [0, 0.05) is 0 Å². The van der Waals surface area contributed by atoms with Gasteiger partial charge in [0.1, 0.15) is 12.4 Å². The number of benzene rings is 1. The molecule has 0 atom stereocenters. The number of esters is 1. The predicted molar refractivity (Wildman–Crippen MR) is 112 cm³/mol. The van der Waals surface area contributed by atoms with Crippen molar-refractivity contribution in [3.05, 3.63) is 24.3 Å². The molecule has 0 fully saturated rings. The van der Waals surface area contributed by atoms with Crippen LogP contribution in [0.25, 0.3) is 0 Å². The molecule has 0 saturated carbocycles. The number of rotatable bonds is 20. The molecular weight excluding hydrogens is 394 g/mol. The highest BCUT2D eigenvalue weighted by Crippen LogP contribution is 2.19. The van der Waals surface area contributed by atoms with E-state index in [0.717, 1.165) is 0 Å². The average Bonchev–Trinajstić information content (AvgIpc) is 2.74. The van der Waals surface area contributed by atoms with Crippen LogP contribution in [0.3, 0.4) is 0 Å². The number of carbonyl (C=O) groups excluding carboxylic acids is 1. The van der Waals surface area contributed by atoms with Gasteiger partial charge in [0.05, 0.1) is 84.8 Å². The van der Waals surface area contributed by atoms with E-state index in [1.807, 2.05) is 18.2 Å². The van der Waals surface area contributed by atoms with Crippen molar-refractivity contribution in [3.63, 3.8) is 0 Å². The molecule has 0 radical (unpaired) electrons. The molecule has 1 aromatic rings. The molecule has 0 aliphatic carbocycles. The molecule has 0 saturated heterocycles. The minimum atomic E-state index is -0.247. The van der Waals surface area contributed by atoms with Gasteiger partial charge >= 0.3 is 5.97 Å². The highest BCUT2D eigenvalue weighted by Gasteiger charge is 2.01. The van der Waals surface area contributed by atoms with Crippen LogP contribution in [-0.4, -0.2) is 85.3 Å². The Bertz CT molecular complexity index is 543. The molecule has 2 N–H and O–H groups in total. The summed E-state index contributed by atoms with van der Waals surface area (Å²) in [5.41, 5.74) is 6.40. The number of para-hydroxylation sites is 2. The van der Waals surface area contributed by atoms with Gasteiger partial charge in [0.25, 0.3) is 0 Å². The van der Waals surface area contributed by atoms with Gasteiger partial charge in [-0.3, -0.25) is 4.79 Å². The maximum atomic E-state index is 11.1. The Morgan fingerprint density at radius 3 is 1.70 bits per heavy atom. The summed E-state index contributed by atoms with van der Waals surface area (Å²) >= 11 is 0. The quantitative estimate of drug-likeness (QED) is 0.188. The first-order valence-corrected chi connectivity index (χ1v) is 10.3. The third-order valence-electron chi connectivity index (χ3n) is 3.65. The number of anilines is 1. The third kappa shape index (κ3) is 15.0. The van der Waals surface area contributed by atoms with E-state index in [0.29, 0.717) is 90.7 Å². The molecule has 1 aromatic carbocycles. The van der Waals surface area contributed by atoms with Crippen molar-refractivity contribution < 1.29 is 38.0 Å². The van der Waals surface area contributed by atoms with E-state index in [-0.39, 0.29) is 12.4 Å². The summed E-state index contributed by atoms with van der Waals surface area (Å²) in [5, 5.41) is 0. The fourth-order valence-electron chi connectivity index (χ4n) is 2.19. The van der Waals surface area contributed by atoms with E-state index < -0.39 is 0 Å². The Labute approximate surface area is 178 Å². The molecule has 172 valence electrons. The van der Waals surface area contributed by atoms with Crippen LogP contribution in [0.15, 0.2) is 24.3 Å². The minimum Gasteiger partial charge on any atom is -0.489 e. The fourth-order valence-corrected chi connectivity index (χ4v) is 2.19. The zero-order valence-corrected chi connectivity index (χ0v) is 17.8. The van der Waals surface area contributed by atoms with E-state index >= 15 is 0 Å². The maximum Gasteiger partial charge on any atom is 0.308 e. The van der Waals surface area contributed by atoms with E-state index in [1.165, 1.54) is 0 Å². The molecule has 0 aliphatic rings. The molecule has 9 heteroatoms. The molecule has 0 bridgehead atoms. The molecule has 0 amide bonds. The summed E-state index contributed by atoms with van der Waals surface area (Å²) in [6.45, 7) is 7.27. The second kappa shape index (κ2) is 19.1. The second-order valence-electron chi connectivity index (χ2n) is 6.00. The van der Waals surface area contributed by atoms with Gasteiger partial charge in [-0.25, -0.2) is 0 Å². The van der Waals surface area contributed by atoms with Crippen LogP contribution in [0.2, 0.25) is 0 Å². The minimum absolute atomic E-state index is 0.247. The van der Waals surface area contributed by atoms with Crippen molar-refractivity contribution in [1.29, 1.82) is 0 Å². The maximum absolute atomic E-state index is 11.1. The summed E-state index contributed by atoms with van der Waals surface area (Å²) in [4.78, 5) is 11.1. The Morgan fingerprint density at radius 1 is 0.733 bits per heavy atom. The molecule has 1 rings (SSSR count). The van der Waals surface area contributed by atoms with E-state index in [9.17, 15) is 4.79 Å². The monoisotopic (exact) mass is 429 g/mol. The summed E-state index contributed by atoms with van der Waals surface area (Å²) in [5.74, 6) is 0.420. The standard InChI is InChI=1S/C21H35NO8/c1-2-29-21(23)7-8-24-9-10-25-11-12-26-13-14-27-15-16-28-17-18-30-20-6-4-3-5-19(20)22/h3-6H,2,7-18,22H2,1H3. The van der Waals surface area contributed by atoms with Gasteiger partial charge in [0.2, 0.25) is 0 Å². The molecular formula is C21H35NO8. The van der Waals surface area contributed by atoms with Gasteiger partial charge in [-0.1, -0.05) is 12.1 Å². The van der Waals surface area contributed by atoms with Crippen LogP contribution in [-0.2, 0) is 33.2 Å². The lowest BCUT2D eigenvalue weighted by atomic mass is 10.3. The van der Waals surface area contributed by atoms with Crippen LogP contribution in [0, 0.1) is 0 Å². The topological polar surface area (TPSA) is 108 Å². The summed E-state index contributed by atoms with van der Waals surface area (Å²) in [7, 11) is 0. The van der Waals surface area contributed by atoms with Crippen molar-refractivity contribution in [2.45, 2.75) is 13.3 Å². The molecule has 0 spiro atoms. The smallest absolute Gasteiger partial charge is 0.308 e.